The first-order valence-electron chi connectivity index (χ1n) is 5.31. The number of nitrogens with zero attached hydrogens (tertiary/aromatic N) is 1. The van der Waals surface area contributed by atoms with E-state index >= 15 is 0 Å². The topological polar surface area (TPSA) is 38.9 Å². The summed E-state index contributed by atoms with van der Waals surface area (Å²) in [6, 6.07) is 0. The van der Waals surface area contributed by atoms with Gasteiger partial charge in [-0.3, -0.25) is 0 Å². The van der Waals surface area contributed by atoms with Crippen LogP contribution < -0.4 is 5.73 Å². The average molecular weight is 210 g/mol. The molecule has 2 nitrogen and oxygen atoms in total. The number of thiazole rings is 1. The third kappa shape index (κ3) is 1.48. The molecule has 0 spiro atoms. The molecule has 2 N–H and O–H groups in total. The van der Waals surface area contributed by atoms with Crippen LogP contribution in [0, 0.1) is 12.8 Å². The molecule has 14 heavy (non-hydrogen) atoms. The van der Waals surface area contributed by atoms with E-state index in [9.17, 15) is 0 Å². The summed E-state index contributed by atoms with van der Waals surface area (Å²) in [4.78, 5) is 5.99. The van der Waals surface area contributed by atoms with Crippen molar-refractivity contribution in [2.24, 2.45) is 11.7 Å². The maximum atomic E-state index is 6.30. The van der Waals surface area contributed by atoms with Crippen molar-refractivity contribution < 1.29 is 0 Å². The lowest BCUT2D eigenvalue weighted by Gasteiger charge is -2.41. The summed E-state index contributed by atoms with van der Waals surface area (Å²) >= 11 is 1.79. The molecule has 1 aromatic rings. The van der Waals surface area contributed by atoms with E-state index in [1.54, 1.807) is 11.3 Å². The lowest BCUT2D eigenvalue weighted by atomic mass is 9.70. The smallest absolute Gasteiger partial charge is 0.113 e. The van der Waals surface area contributed by atoms with Crippen molar-refractivity contribution in [3.63, 3.8) is 0 Å². The van der Waals surface area contributed by atoms with Gasteiger partial charge in [-0.1, -0.05) is 13.8 Å². The highest BCUT2D eigenvalue weighted by molar-refractivity contribution is 7.11. The molecule has 0 bridgehead atoms. The van der Waals surface area contributed by atoms with E-state index in [0.717, 1.165) is 30.2 Å². The second kappa shape index (κ2) is 3.31. The lowest BCUT2D eigenvalue weighted by molar-refractivity contribution is 0.163. The van der Waals surface area contributed by atoms with Gasteiger partial charge in [0.15, 0.2) is 0 Å². The maximum absolute atomic E-state index is 6.30. The first kappa shape index (κ1) is 10.1. The highest BCUT2D eigenvalue weighted by Gasteiger charge is 2.42. The van der Waals surface area contributed by atoms with Crippen molar-refractivity contribution in [1.29, 1.82) is 0 Å². The Labute approximate surface area is 89.5 Å². The Kier molecular flexibility index (Phi) is 2.40. The van der Waals surface area contributed by atoms with Gasteiger partial charge in [0.2, 0.25) is 0 Å². The fourth-order valence-corrected chi connectivity index (χ4v) is 3.45. The van der Waals surface area contributed by atoms with Crippen LogP contribution in [0.1, 0.15) is 42.3 Å². The van der Waals surface area contributed by atoms with Crippen molar-refractivity contribution >= 4 is 11.3 Å². The molecule has 0 aliphatic heterocycles. The van der Waals surface area contributed by atoms with Gasteiger partial charge in [-0.05, 0) is 32.1 Å². The molecule has 1 heterocycles. The zero-order chi connectivity index (χ0) is 10.3. The van der Waals surface area contributed by atoms with Crippen LogP contribution >= 0.6 is 11.3 Å². The fourth-order valence-electron chi connectivity index (χ4n) is 2.33. The van der Waals surface area contributed by atoms with Crippen LogP contribution in [0.25, 0.3) is 0 Å². The molecule has 0 amide bonds. The summed E-state index contributed by atoms with van der Waals surface area (Å²) in [5, 5.41) is 1.16. The summed E-state index contributed by atoms with van der Waals surface area (Å²) in [7, 11) is 0. The normalized spacial score (nSPS) is 31.6. The van der Waals surface area contributed by atoms with Crippen LogP contribution in [-0.2, 0) is 12.0 Å². The molecule has 1 saturated carbocycles. The van der Waals surface area contributed by atoms with Crippen LogP contribution in [-0.4, -0.2) is 4.98 Å². The second-order valence-electron chi connectivity index (χ2n) is 4.55. The fraction of sp³-hybridized carbons (Fsp3) is 0.727. The summed E-state index contributed by atoms with van der Waals surface area (Å²) in [6.45, 7) is 6.55. The first-order valence-corrected chi connectivity index (χ1v) is 6.12. The molecule has 1 aromatic heterocycles. The van der Waals surface area contributed by atoms with Crippen molar-refractivity contribution in [3.05, 3.63) is 15.6 Å². The Bertz CT molecular complexity index is 337. The molecular formula is C11H18N2S. The van der Waals surface area contributed by atoms with E-state index in [2.05, 4.69) is 25.8 Å². The number of nitrogens with two attached hydrogens (primary N) is 1. The SMILES string of the molecule is CCc1nc(C2(N)CC(C)C2)sc1C. The highest BCUT2D eigenvalue weighted by atomic mass is 32.1. The van der Waals surface area contributed by atoms with E-state index in [0.29, 0.717) is 0 Å². The third-order valence-corrected chi connectivity index (χ3v) is 4.31. The zero-order valence-electron chi connectivity index (χ0n) is 9.13. The molecule has 0 unspecified atom stereocenters. The van der Waals surface area contributed by atoms with Gasteiger partial charge in [-0.2, -0.15) is 0 Å². The van der Waals surface area contributed by atoms with Gasteiger partial charge >= 0.3 is 0 Å². The Morgan fingerprint density at radius 3 is 2.64 bits per heavy atom. The minimum atomic E-state index is -0.0950. The van der Waals surface area contributed by atoms with Gasteiger partial charge in [0, 0.05) is 4.88 Å². The van der Waals surface area contributed by atoms with E-state index in [1.165, 1.54) is 10.6 Å². The molecule has 2 rings (SSSR count). The molecule has 0 saturated heterocycles. The zero-order valence-corrected chi connectivity index (χ0v) is 9.95. The lowest BCUT2D eigenvalue weighted by Crippen LogP contribution is -2.47. The molecule has 1 aliphatic rings. The summed E-state index contributed by atoms with van der Waals surface area (Å²) in [5.74, 6) is 0.772. The molecule has 1 aliphatic carbocycles. The highest BCUT2D eigenvalue weighted by Crippen LogP contribution is 2.44. The number of hydrogen-bond donors (Lipinski definition) is 1. The molecule has 1 fully saturated rings. The van der Waals surface area contributed by atoms with Crippen LogP contribution in [0.4, 0.5) is 0 Å². The quantitative estimate of drug-likeness (QED) is 0.815. The molecular weight excluding hydrogens is 192 g/mol. The molecule has 0 radical (unpaired) electrons. The van der Waals surface area contributed by atoms with E-state index in [-0.39, 0.29) is 5.54 Å². The van der Waals surface area contributed by atoms with Crippen molar-refractivity contribution in [1.82, 2.24) is 4.98 Å². The molecule has 3 heteroatoms. The Morgan fingerprint density at radius 2 is 2.21 bits per heavy atom. The van der Waals surface area contributed by atoms with Gasteiger partial charge in [0.1, 0.15) is 5.01 Å². The van der Waals surface area contributed by atoms with E-state index < -0.39 is 0 Å². The Morgan fingerprint density at radius 1 is 1.57 bits per heavy atom. The standard InChI is InChI=1S/C11H18N2S/c1-4-9-8(3)14-10(13-9)11(12)5-7(2)6-11/h7H,4-6,12H2,1-3H3. The van der Waals surface area contributed by atoms with Gasteiger partial charge < -0.3 is 5.73 Å². The number of rotatable bonds is 2. The Hall–Kier alpha value is -0.410. The third-order valence-electron chi connectivity index (χ3n) is 3.08. The van der Waals surface area contributed by atoms with Gasteiger partial charge in [0.05, 0.1) is 11.2 Å². The molecule has 78 valence electrons. The monoisotopic (exact) mass is 210 g/mol. The minimum Gasteiger partial charge on any atom is -0.319 e. The molecule has 0 aromatic carbocycles. The van der Waals surface area contributed by atoms with Crippen LogP contribution in [0.5, 0.6) is 0 Å². The minimum absolute atomic E-state index is 0.0950. The summed E-state index contributed by atoms with van der Waals surface area (Å²) in [5.41, 5.74) is 7.44. The average Bonchev–Trinajstić information content (AvgIpc) is 2.44. The summed E-state index contributed by atoms with van der Waals surface area (Å²) in [6.07, 6.45) is 3.22. The van der Waals surface area contributed by atoms with E-state index in [1.807, 2.05) is 0 Å². The summed E-state index contributed by atoms with van der Waals surface area (Å²) < 4.78 is 0. The largest absolute Gasteiger partial charge is 0.319 e. The van der Waals surface area contributed by atoms with Gasteiger partial charge in [-0.25, -0.2) is 4.98 Å². The van der Waals surface area contributed by atoms with Crippen molar-refractivity contribution in [2.75, 3.05) is 0 Å². The maximum Gasteiger partial charge on any atom is 0.113 e. The van der Waals surface area contributed by atoms with E-state index in [4.69, 9.17) is 5.73 Å². The van der Waals surface area contributed by atoms with Gasteiger partial charge in [-0.15, -0.1) is 11.3 Å². The van der Waals surface area contributed by atoms with Crippen LogP contribution in [0.2, 0.25) is 0 Å². The second-order valence-corrected chi connectivity index (χ2v) is 5.75. The number of aromatic nitrogens is 1. The predicted octanol–water partition coefficient (Wildman–Crippen LogP) is 2.60. The number of hydrogen-bond acceptors (Lipinski definition) is 3. The van der Waals surface area contributed by atoms with Crippen LogP contribution in [0.3, 0.4) is 0 Å². The van der Waals surface area contributed by atoms with Gasteiger partial charge in [0.25, 0.3) is 0 Å². The van der Waals surface area contributed by atoms with Crippen molar-refractivity contribution in [3.8, 4) is 0 Å². The molecule has 0 atom stereocenters. The van der Waals surface area contributed by atoms with Crippen LogP contribution in [0.15, 0.2) is 0 Å². The Balaban J connectivity index is 2.25. The predicted molar refractivity (Wildman–Crippen MR) is 60.5 cm³/mol. The van der Waals surface area contributed by atoms with Crippen molar-refractivity contribution in [2.45, 2.75) is 45.6 Å². The number of aryl methyl sites for hydroxylation is 2. The first-order chi connectivity index (χ1) is 6.55.